The van der Waals surface area contributed by atoms with Crippen molar-refractivity contribution in [2.24, 2.45) is 0 Å². The maximum absolute atomic E-state index is 13.7. The van der Waals surface area contributed by atoms with Crippen LogP contribution in [0, 0.1) is 5.82 Å². The Labute approximate surface area is 202 Å². The van der Waals surface area contributed by atoms with E-state index in [1.807, 2.05) is 51.1 Å². The van der Waals surface area contributed by atoms with Gasteiger partial charge >= 0.3 is 11.8 Å². The number of carbonyl (C=O) groups excluding carboxylic acids is 1. The van der Waals surface area contributed by atoms with Gasteiger partial charge in [0.1, 0.15) is 11.4 Å². The van der Waals surface area contributed by atoms with Crippen LogP contribution in [0.5, 0.6) is 0 Å². The summed E-state index contributed by atoms with van der Waals surface area (Å²) in [4.78, 5) is 32.4. The maximum Gasteiger partial charge on any atom is 0.410 e. The molecule has 2 aromatic heterocycles. The van der Waals surface area contributed by atoms with Gasteiger partial charge in [0, 0.05) is 19.3 Å². The molecule has 3 heterocycles. The third kappa shape index (κ3) is 4.43. The van der Waals surface area contributed by atoms with Crippen LogP contribution in [0.4, 0.5) is 9.18 Å². The number of halogens is 1. The minimum Gasteiger partial charge on any atom is -0.444 e. The van der Waals surface area contributed by atoms with Crippen molar-refractivity contribution in [3.05, 3.63) is 83.2 Å². The molecule has 1 fully saturated rings. The Hall–Kier alpha value is -3.94. The van der Waals surface area contributed by atoms with Crippen LogP contribution in [0.3, 0.4) is 0 Å². The fourth-order valence-electron chi connectivity index (χ4n) is 4.52. The van der Waals surface area contributed by atoms with Crippen LogP contribution in [-0.4, -0.2) is 43.8 Å². The molecule has 1 aliphatic rings. The lowest BCUT2D eigenvalue weighted by atomic mass is 10.1. The summed E-state index contributed by atoms with van der Waals surface area (Å²) in [6.07, 6.45) is 1.93. The number of carbonyl (C=O) groups is 1. The van der Waals surface area contributed by atoms with Gasteiger partial charge in [-0.25, -0.2) is 19.0 Å². The molecule has 1 aliphatic heterocycles. The molecule has 5 rings (SSSR count). The van der Waals surface area contributed by atoms with Gasteiger partial charge in [0.15, 0.2) is 5.65 Å². The van der Waals surface area contributed by atoms with E-state index in [0.717, 1.165) is 11.1 Å². The highest BCUT2D eigenvalue weighted by atomic mass is 19.1. The summed E-state index contributed by atoms with van der Waals surface area (Å²) in [7, 11) is 0. The first-order chi connectivity index (χ1) is 16.7. The molecule has 8 heteroatoms. The molecule has 0 N–H and O–H groups in total. The number of nitrogens with zero attached hydrogens (tertiary/aromatic N) is 4. The van der Waals surface area contributed by atoms with Crippen molar-refractivity contribution in [2.45, 2.75) is 38.8 Å². The Morgan fingerprint density at radius 1 is 1.03 bits per heavy atom. The van der Waals surface area contributed by atoms with Crippen molar-refractivity contribution in [1.82, 2.24) is 19.0 Å². The highest BCUT2D eigenvalue weighted by molar-refractivity contribution is 5.75. The zero-order valence-corrected chi connectivity index (χ0v) is 19.9. The first-order valence-corrected chi connectivity index (χ1v) is 11.6. The quantitative estimate of drug-likeness (QED) is 0.411. The van der Waals surface area contributed by atoms with Gasteiger partial charge in [0.2, 0.25) is 0 Å². The van der Waals surface area contributed by atoms with E-state index in [9.17, 15) is 14.0 Å². The lowest BCUT2D eigenvalue weighted by Crippen LogP contribution is -2.36. The molecule has 0 saturated carbocycles. The number of benzene rings is 2. The number of imidazole rings is 1. The van der Waals surface area contributed by atoms with Gasteiger partial charge in [-0.05, 0) is 74.7 Å². The van der Waals surface area contributed by atoms with E-state index in [2.05, 4.69) is 4.98 Å². The van der Waals surface area contributed by atoms with Crippen molar-refractivity contribution >= 4 is 17.3 Å². The van der Waals surface area contributed by atoms with Gasteiger partial charge in [0.05, 0.1) is 17.2 Å². The van der Waals surface area contributed by atoms with E-state index < -0.39 is 5.60 Å². The molecular formula is C27H27FN4O3. The summed E-state index contributed by atoms with van der Waals surface area (Å²) in [5, 5.41) is 0. The van der Waals surface area contributed by atoms with Crippen molar-refractivity contribution in [1.29, 1.82) is 0 Å². The number of hydrogen-bond donors (Lipinski definition) is 0. The summed E-state index contributed by atoms with van der Waals surface area (Å²) in [6.45, 7) is 6.40. The summed E-state index contributed by atoms with van der Waals surface area (Å²) in [5.41, 5.74) is 3.02. The second-order valence-corrected chi connectivity index (χ2v) is 9.76. The fraction of sp³-hybridized carbons (Fsp3) is 0.296. The Balaban J connectivity index is 1.49. The van der Waals surface area contributed by atoms with E-state index >= 15 is 0 Å². The van der Waals surface area contributed by atoms with Crippen molar-refractivity contribution in [3.8, 4) is 16.8 Å². The SMILES string of the molecule is CC(C)(C)OC(=O)N1CC[C@H](n2c(=O)n(-c3ccc(-c4ccc(F)cc4)cc3)c3cccnc32)C1. The highest BCUT2D eigenvalue weighted by Gasteiger charge is 2.33. The minimum absolute atomic E-state index is 0.202. The predicted octanol–water partition coefficient (Wildman–Crippen LogP) is 5.18. The van der Waals surface area contributed by atoms with Gasteiger partial charge in [-0.1, -0.05) is 24.3 Å². The van der Waals surface area contributed by atoms with E-state index in [0.29, 0.717) is 36.4 Å². The van der Waals surface area contributed by atoms with Crippen LogP contribution < -0.4 is 5.69 Å². The molecule has 7 nitrogen and oxygen atoms in total. The van der Waals surface area contributed by atoms with Crippen LogP contribution >= 0.6 is 0 Å². The predicted molar refractivity (Wildman–Crippen MR) is 132 cm³/mol. The van der Waals surface area contributed by atoms with Gasteiger partial charge in [-0.15, -0.1) is 0 Å². The molecule has 180 valence electrons. The summed E-state index contributed by atoms with van der Waals surface area (Å²) in [6, 6.07) is 17.3. The number of likely N-dealkylation sites (tertiary alicyclic amines) is 1. The van der Waals surface area contributed by atoms with Gasteiger partial charge in [0.25, 0.3) is 0 Å². The van der Waals surface area contributed by atoms with Gasteiger partial charge < -0.3 is 9.64 Å². The molecule has 0 unspecified atom stereocenters. The van der Waals surface area contributed by atoms with E-state index in [1.54, 1.807) is 38.4 Å². The number of aromatic nitrogens is 3. The summed E-state index contributed by atoms with van der Waals surface area (Å²) in [5.74, 6) is -0.283. The first kappa shape index (κ1) is 22.8. The summed E-state index contributed by atoms with van der Waals surface area (Å²) >= 11 is 0. The number of rotatable bonds is 3. The van der Waals surface area contributed by atoms with Gasteiger partial charge in [-0.2, -0.15) is 0 Å². The van der Waals surface area contributed by atoms with E-state index in [4.69, 9.17) is 4.74 Å². The highest BCUT2D eigenvalue weighted by Crippen LogP contribution is 2.27. The zero-order chi connectivity index (χ0) is 24.7. The van der Waals surface area contributed by atoms with Crippen LogP contribution in [0.1, 0.15) is 33.2 Å². The third-order valence-electron chi connectivity index (χ3n) is 6.12. The molecule has 1 saturated heterocycles. The smallest absolute Gasteiger partial charge is 0.410 e. The van der Waals surface area contributed by atoms with Crippen molar-refractivity contribution in [3.63, 3.8) is 0 Å². The van der Waals surface area contributed by atoms with Crippen LogP contribution in [-0.2, 0) is 4.74 Å². The molecule has 0 aliphatic carbocycles. The molecule has 4 aromatic rings. The second-order valence-electron chi connectivity index (χ2n) is 9.76. The molecule has 0 radical (unpaired) electrons. The molecule has 0 bridgehead atoms. The Morgan fingerprint density at radius 3 is 2.34 bits per heavy atom. The van der Waals surface area contributed by atoms with E-state index in [1.165, 1.54) is 12.1 Å². The molecule has 2 aromatic carbocycles. The Morgan fingerprint density at radius 2 is 1.69 bits per heavy atom. The maximum atomic E-state index is 13.7. The van der Waals surface area contributed by atoms with Crippen LogP contribution in [0.25, 0.3) is 28.0 Å². The molecular weight excluding hydrogens is 447 g/mol. The Kier molecular flexibility index (Phi) is 5.67. The molecule has 35 heavy (non-hydrogen) atoms. The molecule has 1 atom stereocenters. The molecule has 1 amide bonds. The second kappa shape index (κ2) is 8.69. The van der Waals surface area contributed by atoms with Crippen LogP contribution in [0.15, 0.2) is 71.7 Å². The average molecular weight is 475 g/mol. The van der Waals surface area contributed by atoms with Crippen molar-refractivity contribution < 1.29 is 13.9 Å². The van der Waals surface area contributed by atoms with Crippen molar-refractivity contribution in [2.75, 3.05) is 13.1 Å². The number of ether oxygens (including phenoxy) is 1. The average Bonchev–Trinajstić information content (AvgIpc) is 3.41. The van der Waals surface area contributed by atoms with Gasteiger partial charge in [-0.3, -0.25) is 9.13 Å². The number of fused-ring (bicyclic) bond motifs is 1. The first-order valence-electron chi connectivity index (χ1n) is 11.6. The number of hydrogen-bond acceptors (Lipinski definition) is 4. The lowest BCUT2D eigenvalue weighted by Gasteiger charge is -2.24. The summed E-state index contributed by atoms with van der Waals surface area (Å²) < 4.78 is 22.1. The largest absolute Gasteiger partial charge is 0.444 e. The topological polar surface area (TPSA) is 69.4 Å². The normalized spacial score (nSPS) is 16.1. The fourth-order valence-corrected chi connectivity index (χ4v) is 4.52. The minimum atomic E-state index is -0.580. The molecule has 0 spiro atoms. The number of pyridine rings is 1. The Bertz CT molecular complexity index is 1430. The lowest BCUT2D eigenvalue weighted by molar-refractivity contribution is 0.0289. The standard InChI is InChI=1S/C27H27FN4O3/c1-27(2,3)35-26(34)30-16-14-22(17-30)32-24-23(5-4-15-29-24)31(25(32)33)21-12-8-19(9-13-21)18-6-10-20(28)11-7-18/h4-13,15,22H,14,16-17H2,1-3H3/t22-/m0/s1. The monoisotopic (exact) mass is 474 g/mol. The van der Waals surface area contributed by atoms with E-state index in [-0.39, 0.29) is 23.6 Å². The number of amides is 1. The van der Waals surface area contributed by atoms with Crippen LogP contribution in [0.2, 0.25) is 0 Å². The third-order valence-corrected chi connectivity index (χ3v) is 6.12. The zero-order valence-electron chi connectivity index (χ0n) is 19.9.